The summed E-state index contributed by atoms with van der Waals surface area (Å²) >= 11 is 0. The molecule has 0 aliphatic carbocycles. The zero-order valence-corrected chi connectivity index (χ0v) is 13.4. The van der Waals surface area contributed by atoms with Crippen molar-refractivity contribution in [2.45, 2.75) is 33.2 Å². The van der Waals surface area contributed by atoms with Crippen LogP contribution in [0.25, 0.3) is 22.5 Å². The largest absolute Gasteiger partial charge is 0.464 e. The number of carbonyl (C=O) groups excluding carboxylic acids is 1. The third-order valence-electron chi connectivity index (χ3n) is 3.75. The van der Waals surface area contributed by atoms with Crippen LogP contribution in [0.4, 0.5) is 0 Å². The lowest BCUT2D eigenvalue weighted by Gasteiger charge is -2.18. The summed E-state index contributed by atoms with van der Waals surface area (Å²) in [6, 6.07) is 9.40. The highest BCUT2D eigenvalue weighted by Gasteiger charge is 2.26. The zero-order chi connectivity index (χ0) is 16.4. The smallest absolute Gasteiger partial charge is 0.329 e. The first-order chi connectivity index (χ1) is 11.2. The Balaban J connectivity index is 2.21. The molecular formula is C17H19N3O3. The predicted molar refractivity (Wildman–Crippen MR) is 85.9 cm³/mol. The highest BCUT2D eigenvalue weighted by Crippen LogP contribution is 2.32. The molecule has 0 amide bonds. The molecular weight excluding hydrogens is 294 g/mol. The Morgan fingerprint density at radius 1 is 1.30 bits per heavy atom. The van der Waals surface area contributed by atoms with Gasteiger partial charge in [0.2, 0.25) is 5.89 Å². The van der Waals surface area contributed by atoms with Gasteiger partial charge in [0.15, 0.2) is 0 Å². The molecule has 1 unspecified atom stereocenters. The lowest BCUT2D eigenvalue weighted by molar-refractivity contribution is -0.147. The van der Waals surface area contributed by atoms with Crippen LogP contribution in [0.2, 0.25) is 0 Å². The Labute approximate surface area is 134 Å². The molecule has 0 saturated carbocycles. The van der Waals surface area contributed by atoms with E-state index in [-0.39, 0.29) is 5.97 Å². The Morgan fingerprint density at radius 3 is 2.74 bits per heavy atom. The van der Waals surface area contributed by atoms with Gasteiger partial charge in [-0.2, -0.15) is 0 Å². The van der Waals surface area contributed by atoms with E-state index < -0.39 is 6.04 Å². The van der Waals surface area contributed by atoms with Crippen molar-refractivity contribution in [1.29, 1.82) is 0 Å². The number of hydrogen-bond donors (Lipinski definition) is 0. The second kappa shape index (κ2) is 6.24. The van der Waals surface area contributed by atoms with Crippen molar-refractivity contribution in [2.75, 3.05) is 6.61 Å². The van der Waals surface area contributed by atoms with Crippen LogP contribution in [0.3, 0.4) is 0 Å². The van der Waals surface area contributed by atoms with E-state index >= 15 is 0 Å². The van der Waals surface area contributed by atoms with Gasteiger partial charge in [0.05, 0.1) is 6.61 Å². The lowest BCUT2D eigenvalue weighted by atomic mass is 10.2. The van der Waals surface area contributed by atoms with Crippen LogP contribution in [-0.4, -0.2) is 27.3 Å². The fourth-order valence-corrected chi connectivity index (χ4v) is 2.77. The fraction of sp³-hybridized carbons (Fsp3) is 0.353. The van der Waals surface area contributed by atoms with E-state index in [1.807, 2.05) is 41.8 Å². The molecule has 0 saturated heterocycles. The molecule has 0 radical (unpaired) electrons. The van der Waals surface area contributed by atoms with E-state index in [1.165, 1.54) is 0 Å². The molecule has 0 N–H and O–H groups in total. The first-order valence-electron chi connectivity index (χ1n) is 7.72. The second-order valence-corrected chi connectivity index (χ2v) is 5.26. The minimum atomic E-state index is -0.433. The molecule has 0 aliphatic rings. The van der Waals surface area contributed by atoms with Gasteiger partial charge >= 0.3 is 5.97 Å². The Hall–Kier alpha value is -2.63. The topological polar surface area (TPSA) is 70.2 Å². The van der Waals surface area contributed by atoms with Crippen molar-refractivity contribution < 1.29 is 13.9 Å². The van der Waals surface area contributed by atoms with Gasteiger partial charge in [0, 0.05) is 17.8 Å². The van der Waals surface area contributed by atoms with Crippen molar-refractivity contribution in [1.82, 2.24) is 14.8 Å². The summed E-state index contributed by atoms with van der Waals surface area (Å²) < 4.78 is 12.7. The molecule has 2 heterocycles. The van der Waals surface area contributed by atoms with Gasteiger partial charge in [-0.05, 0) is 25.5 Å². The van der Waals surface area contributed by atoms with Gasteiger partial charge in [-0.25, -0.2) is 4.79 Å². The summed E-state index contributed by atoms with van der Waals surface area (Å²) in [5.74, 6) is 0.635. The van der Waals surface area contributed by atoms with Gasteiger partial charge in [-0.1, -0.05) is 25.1 Å². The van der Waals surface area contributed by atoms with Gasteiger partial charge < -0.3 is 13.7 Å². The van der Waals surface area contributed by atoms with Crippen molar-refractivity contribution in [3.05, 3.63) is 36.2 Å². The molecule has 0 fully saturated rings. The summed E-state index contributed by atoms with van der Waals surface area (Å²) in [6.07, 6.45) is 0.609. The monoisotopic (exact) mass is 313 g/mol. The maximum absolute atomic E-state index is 12.4. The summed E-state index contributed by atoms with van der Waals surface area (Å²) in [6.45, 7) is 5.86. The molecule has 0 spiro atoms. The Bertz CT molecular complexity index is 835. The number of ether oxygens (including phenoxy) is 1. The van der Waals surface area contributed by atoms with E-state index in [2.05, 4.69) is 10.2 Å². The summed E-state index contributed by atoms with van der Waals surface area (Å²) in [7, 11) is 0. The average molecular weight is 313 g/mol. The van der Waals surface area contributed by atoms with Crippen LogP contribution in [0.15, 0.2) is 34.7 Å². The van der Waals surface area contributed by atoms with Crippen LogP contribution in [-0.2, 0) is 9.53 Å². The first-order valence-corrected chi connectivity index (χ1v) is 7.72. The van der Waals surface area contributed by atoms with Crippen LogP contribution in [0.5, 0.6) is 0 Å². The minimum absolute atomic E-state index is 0.256. The molecule has 6 nitrogen and oxygen atoms in total. The molecule has 23 heavy (non-hydrogen) atoms. The second-order valence-electron chi connectivity index (χ2n) is 5.26. The molecule has 2 aromatic heterocycles. The summed E-state index contributed by atoms with van der Waals surface area (Å²) in [5.41, 5.74) is 1.67. The van der Waals surface area contributed by atoms with Crippen LogP contribution < -0.4 is 0 Å². The fourth-order valence-electron chi connectivity index (χ4n) is 2.77. The van der Waals surface area contributed by atoms with Crippen molar-refractivity contribution in [3.8, 4) is 11.6 Å². The number of nitrogens with zero attached hydrogens (tertiary/aromatic N) is 3. The maximum Gasteiger partial charge on any atom is 0.329 e. The molecule has 1 aromatic carbocycles. The highest BCUT2D eigenvalue weighted by atomic mass is 16.5. The SMILES string of the molecule is CCOC(=O)C(CC)n1c(-c2nnc(C)o2)cc2ccccc21. The quantitative estimate of drug-likeness (QED) is 0.674. The van der Waals surface area contributed by atoms with E-state index in [9.17, 15) is 4.79 Å². The lowest BCUT2D eigenvalue weighted by Crippen LogP contribution is -2.22. The standard InChI is InChI=1S/C17H19N3O3/c1-4-13(17(21)22-5-2)20-14-9-7-6-8-12(14)10-15(20)16-19-18-11(3)23-16/h6-10,13H,4-5H2,1-3H3. The number of benzene rings is 1. The Morgan fingerprint density at radius 2 is 2.09 bits per heavy atom. The van der Waals surface area contributed by atoms with E-state index in [0.717, 1.165) is 16.6 Å². The molecule has 0 aliphatic heterocycles. The number of esters is 1. The summed E-state index contributed by atoms with van der Waals surface area (Å²) in [5, 5.41) is 9.01. The number of para-hydroxylation sites is 1. The van der Waals surface area contributed by atoms with Crippen LogP contribution >= 0.6 is 0 Å². The van der Waals surface area contributed by atoms with Gasteiger partial charge in [0.1, 0.15) is 11.7 Å². The van der Waals surface area contributed by atoms with Crippen LogP contribution in [0, 0.1) is 6.92 Å². The van der Waals surface area contributed by atoms with Crippen molar-refractivity contribution in [3.63, 3.8) is 0 Å². The number of fused-ring (bicyclic) bond motifs is 1. The molecule has 6 heteroatoms. The van der Waals surface area contributed by atoms with Gasteiger partial charge in [-0.15, -0.1) is 10.2 Å². The minimum Gasteiger partial charge on any atom is -0.464 e. The third-order valence-corrected chi connectivity index (χ3v) is 3.75. The van der Waals surface area contributed by atoms with Gasteiger partial charge in [-0.3, -0.25) is 0 Å². The predicted octanol–water partition coefficient (Wildman–Crippen LogP) is 3.51. The van der Waals surface area contributed by atoms with E-state index in [4.69, 9.17) is 9.15 Å². The number of rotatable bonds is 5. The zero-order valence-electron chi connectivity index (χ0n) is 13.4. The average Bonchev–Trinajstić information content (AvgIpc) is 3.13. The highest BCUT2D eigenvalue weighted by molar-refractivity contribution is 5.88. The van der Waals surface area contributed by atoms with Crippen molar-refractivity contribution in [2.24, 2.45) is 0 Å². The number of aromatic nitrogens is 3. The van der Waals surface area contributed by atoms with Crippen LogP contribution in [0.1, 0.15) is 32.2 Å². The maximum atomic E-state index is 12.4. The van der Waals surface area contributed by atoms with E-state index in [1.54, 1.807) is 13.8 Å². The Kier molecular flexibility index (Phi) is 4.14. The summed E-state index contributed by atoms with van der Waals surface area (Å²) in [4.78, 5) is 12.4. The van der Waals surface area contributed by atoms with Gasteiger partial charge in [0.25, 0.3) is 5.89 Å². The number of aryl methyl sites for hydroxylation is 1. The third kappa shape index (κ3) is 2.72. The molecule has 120 valence electrons. The molecule has 0 bridgehead atoms. The van der Waals surface area contributed by atoms with E-state index in [0.29, 0.717) is 24.8 Å². The number of carbonyl (C=O) groups is 1. The normalized spacial score (nSPS) is 12.5. The molecule has 3 rings (SSSR count). The molecule has 1 atom stereocenters. The number of hydrogen-bond acceptors (Lipinski definition) is 5. The first kappa shape index (κ1) is 15.3. The molecule has 3 aromatic rings. The van der Waals surface area contributed by atoms with Crippen molar-refractivity contribution >= 4 is 16.9 Å².